The molecule has 0 unspecified atom stereocenters. The van der Waals surface area contributed by atoms with E-state index in [2.05, 4.69) is 33.0 Å². The molecule has 0 aliphatic carbocycles. The predicted molar refractivity (Wildman–Crippen MR) is 136 cm³/mol. The maximum Gasteiger partial charge on any atom is 0.335 e. The standard InChI is InChI=1S/C26H23BrN2O6/c1-3-12-34-23-10-8-19(14-24(23)33-2)25(30)29-28-15-20-13-21(27)9-11-22(20)35-16-17-4-6-18(7-5-17)26(31)32/h3-11,13-15H,1,12,16H2,2H3,(H,29,30)(H,31,32)/b28-15+. The third-order valence-electron chi connectivity index (χ3n) is 4.72. The Morgan fingerprint density at radius 1 is 1.00 bits per heavy atom. The molecule has 0 saturated heterocycles. The van der Waals surface area contributed by atoms with Gasteiger partial charge in [0.15, 0.2) is 11.5 Å². The van der Waals surface area contributed by atoms with Crippen LogP contribution in [0.2, 0.25) is 0 Å². The number of methoxy groups -OCH3 is 1. The number of halogens is 1. The number of hydrogen-bond acceptors (Lipinski definition) is 6. The molecular formula is C26H23BrN2O6. The smallest absolute Gasteiger partial charge is 0.335 e. The van der Waals surface area contributed by atoms with Gasteiger partial charge in [0.25, 0.3) is 5.91 Å². The summed E-state index contributed by atoms with van der Waals surface area (Å²) in [6.07, 6.45) is 3.09. The minimum atomic E-state index is -0.985. The van der Waals surface area contributed by atoms with Gasteiger partial charge in [-0.3, -0.25) is 4.79 Å². The van der Waals surface area contributed by atoms with Crippen molar-refractivity contribution in [2.75, 3.05) is 13.7 Å². The Morgan fingerprint density at radius 3 is 2.40 bits per heavy atom. The minimum absolute atomic E-state index is 0.206. The zero-order valence-corrected chi connectivity index (χ0v) is 20.4. The second-order valence-corrected chi connectivity index (χ2v) is 8.05. The van der Waals surface area contributed by atoms with Crippen LogP contribution in [0.5, 0.6) is 17.2 Å². The second-order valence-electron chi connectivity index (χ2n) is 7.14. The van der Waals surface area contributed by atoms with Gasteiger partial charge in [-0.05, 0) is 54.1 Å². The summed E-state index contributed by atoms with van der Waals surface area (Å²) < 4.78 is 17.5. The zero-order valence-electron chi connectivity index (χ0n) is 18.9. The Bertz CT molecular complexity index is 1240. The van der Waals surface area contributed by atoms with Gasteiger partial charge < -0.3 is 19.3 Å². The predicted octanol–water partition coefficient (Wildman–Crippen LogP) is 5.06. The van der Waals surface area contributed by atoms with Crippen LogP contribution in [0.3, 0.4) is 0 Å². The fraction of sp³-hybridized carbons (Fsp3) is 0.115. The Morgan fingerprint density at radius 2 is 1.71 bits per heavy atom. The van der Waals surface area contributed by atoms with Crippen LogP contribution in [0, 0.1) is 0 Å². The van der Waals surface area contributed by atoms with Gasteiger partial charge in [-0.25, -0.2) is 10.2 Å². The second kappa shape index (κ2) is 12.4. The number of nitrogens with one attached hydrogen (secondary N) is 1. The summed E-state index contributed by atoms with van der Waals surface area (Å²) in [4.78, 5) is 23.5. The molecule has 0 aliphatic heterocycles. The lowest BCUT2D eigenvalue weighted by Gasteiger charge is -2.11. The van der Waals surface area contributed by atoms with Crippen molar-refractivity contribution in [2.24, 2.45) is 5.10 Å². The number of carbonyl (C=O) groups excluding carboxylic acids is 1. The van der Waals surface area contributed by atoms with E-state index >= 15 is 0 Å². The lowest BCUT2D eigenvalue weighted by Crippen LogP contribution is -2.17. The largest absolute Gasteiger partial charge is 0.493 e. The topological polar surface area (TPSA) is 106 Å². The number of benzene rings is 3. The minimum Gasteiger partial charge on any atom is -0.493 e. The van der Waals surface area contributed by atoms with E-state index in [1.165, 1.54) is 25.5 Å². The quantitative estimate of drug-likeness (QED) is 0.200. The van der Waals surface area contributed by atoms with Gasteiger partial charge in [-0.1, -0.05) is 40.7 Å². The Hall–Kier alpha value is -4.11. The Balaban J connectivity index is 1.67. The summed E-state index contributed by atoms with van der Waals surface area (Å²) in [6, 6.07) is 16.6. The molecule has 3 rings (SSSR count). The van der Waals surface area contributed by atoms with Crippen LogP contribution in [0.4, 0.5) is 0 Å². The summed E-state index contributed by atoms with van der Waals surface area (Å²) in [5.41, 5.74) is 4.48. The summed E-state index contributed by atoms with van der Waals surface area (Å²) in [5.74, 6) is 0.0505. The van der Waals surface area contributed by atoms with E-state index in [-0.39, 0.29) is 12.2 Å². The molecule has 0 atom stereocenters. The van der Waals surface area contributed by atoms with Gasteiger partial charge in [0.1, 0.15) is 19.0 Å². The molecule has 0 aromatic heterocycles. The van der Waals surface area contributed by atoms with Crippen molar-refractivity contribution >= 4 is 34.0 Å². The van der Waals surface area contributed by atoms with Crippen LogP contribution in [-0.2, 0) is 6.61 Å². The molecule has 0 bridgehead atoms. The number of hydrogen-bond donors (Lipinski definition) is 2. The first-order valence-corrected chi connectivity index (χ1v) is 11.2. The summed E-state index contributed by atoms with van der Waals surface area (Å²) in [5, 5.41) is 13.1. The van der Waals surface area contributed by atoms with E-state index in [1.54, 1.807) is 48.5 Å². The number of carboxylic acid groups (broad SMARTS) is 1. The molecule has 0 saturated carbocycles. The number of nitrogens with zero attached hydrogens (tertiary/aromatic N) is 1. The van der Waals surface area contributed by atoms with Crippen molar-refractivity contribution in [3.63, 3.8) is 0 Å². The highest BCUT2D eigenvalue weighted by atomic mass is 79.9. The summed E-state index contributed by atoms with van der Waals surface area (Å²) >= 11 is 3.42. The van der Waals surface area contributed by atoms with Crippen molar-refractivity contribution in [3.8, 4) is 17.2 Å². The van der Waals surface area contributed by atoms with Gasteiger partial charge in [0.2, 0.25) is 0 Å². The Kier molecular flexibility index (Phi) is 9.02. The first-order valence-electron chi connectivity index (χ1n) is 10.4. The van der Waals surface area contributed by atoms with E-state index in [0.29, 0.717) is 35.0 Å². The van der Waals surface area contributed by atoms with E-state index in [4.69, 9.17) is 19.3 Å². The average Bonchev–Trinajstić information content (AvgIpc) is 2.87. The van der Waals surface area contributed by atoms with Crippen LogP contribution in [0.15, 0.2) is 82.9 Å². The van der Waals surface area contributed by atoms with Crippen LogP contribution < -0.4 is 19.6 Å². The van der Waals surface area contributed by atoms with Gasteiger partial charge >= 0.3 is 5.97 Å². The number of aromatic carboxylic acids is 1. The van der Waals surface area contributed by atoms with Crippen molar-refractivity contribution < 1.29 is 28.9 Å². The van der Waals surface area contributed by atoms with Crippen LogP contribution >= 0.6 is 15.9 Å². The van der Waals surface area contributed by atoms with Gasteiger partial charge in [0.05, 0.1) is 18.9 Å². The molecule has 0 heterocycles. The molecule has 35 heavy (non-hydrogen) atoms. The zero-order chi connectivity index (χ0) is 25.2. The SMILES string of the molecule is C=CCOc1ccc(C(=O)N/N=C/c2cc(Br)ccc2OCc2ccc(C(=O)O)cc2)cc1OC. The van der Waals surface area contributed by atoms with Gasteiger partial charge in [0, 0.05) is 15.6 Å². The van der Waals surface area contributed by atoms with E-state index in [9.17, 15) is 9.59 Å². The number of carboxylic acids is 1. The fourth-order valence-electron chi connectivity index (χ4n) is 2.96. The normalized spacial score (nSPS) is 10.6. The first-order chi connectivity index (χ1) is 16.9. The number of hydrazone groups is 1. The van der Waals surface area contributed by atoms with E-state index in [1.807, 2.05) is 6.07 Å². The highest BCUT2D eigenvalue weighted by molar-refractivity contribution is 9.10. The molecule has 3 aromatic carbocycles. The van der Waals surface area contributed by atoms with E-state index < -0.39 is 11.9 Å². The molecule has 0 spiro atoms. The molecule has 9 heteroatoms. The number of rotatable bonds is 11. The monoisotopic (exact) mass is 538 g/mol. The molecule has 1 amide bonds. The maximum atomic E-state index is 12.5. The fourth-order valence-corrected chi connectivity index (χ4v) is 3.34. The molecule has 3 aromatic rings. The van der Waals surface area contributed by atoms with E-state index in [0.717, 1.165) is 10.0 Å². The van der Waals surface area contributed by atoms with Crippen molar-refractivity contribution in [1.29, 1.82) is 0 Å². The van der Waals surface area contributed by atoms with Crippen LogP contribution in [0.1, 0.15) is 31.8 Å². The third-order valence-corrected chi connectivity index (χ3v) is 5.21. The molecule has 0 aliphatic rings. The molecule has 0 fully saturated rings. The molecule has 0 radical (unpaired) electrons. The molecule has 8 nitrogen and oxygen atoms in total. The number of ether oxygens (including phenoxy) is 3. The molecular weight excluding hydrogens is 516 g/mol. The summed E-state index contributed by atoms with van der Waals surface area (Å²) in [6.45, 7) is 4.15. The van der Waals surface area contributed by atoms with Crippen molar-refractivity contribution in [2.45, 2.75) is 6.61 Å². The molecule has 2 N–H and O–H groups in total. The average molecular weight is 539 g/mol. The van der Waals surface area contributed by atoms with Gasteiger partial charge in [-0.2, -0.15) is 5.10 Å². The highest BCUT2D eigenvalue weighted by Crippen LogP contribution is 2.28. The molecule has 180 valence electrons. The summed E-state index contributed by atoms with van der Waals surface area (Å²) in [7, 11) is 1.49. The number of amides is 1. The van der Waals surface area contributed by atoms with Crippen molar-refractivity contribution in [1.82, 2.24) is 5.43 Å². The lowest BCUT2D eigenvalue weighted by molar-refractivity contribution is 0.0696. The van der Waals surface area contributed by atoms with Crippen LogP contribution in [-0.4, -0.2) is 36.9 Å². The third kappa shape index (κ3) is 7.18. The highest BCUT2D eigenvalue weighted by Gasteiger charge is 2.11. The Labute approximate surface area is 211 Å². The lowest BCUT2D eigenvalue weighted by atomic mass is 10.1. The first kappa shape index (κ1) is 25.5. The van der Waals surface area contributed by atoms with Gasteiger partial charge in [-0.15, -0.1) is 0 Å². The van der Waals surface area contributed by atoms with Crippen LogP contribution in [0.25, 0.3) is 0 Å². The number of carbonyl (C=O) groups is 2. The van der Waals surface area contributed by atoms with Crippen molar-refractivity contribution in [3.05, 3.63) is 100 Å². The maximum absolute atomic E-state index is 12.5.